The summed E-state index contributed by atoms with van der Waals surface area (Å²) in [7, 11) is 0. The van der Waals surface area contributed by atoms with Crippen molar-refractivity contribution in [2.75, 3.05) is 5.32 Å². The summed E-state index contributed by atoms with van der Waals surface area (Å²) in [6, 6.07) is 17.5. The minimum Gasteiger partial charge on any atom is -0.381 e. The SMILES string of the molecule is CCc1ccccc1CNc1ccc(C(C)CC)cc1. The number of rotatable bonds is 6. The van der Waals surface area contributed by atoms with E-state index in [-0.39, 0.29) is 0 Å². The second-order valence-electron chi connectivity index (χ2n) is 5.41. The maximum atomic E-state index is 3.52. The predicted molar refractivity (Wildman–Crippen MR) is 88.3 cm³/mol. The molecule has 0 amide bonds. The van der Waals surface area contributed by atoms with Crippen LogP contribution in [0.15, 0.2) is 48.5 Å². The molecule has 1 atom stereocenters. The molecule has 0 aliphatic carbocycles. The van der Waals surface area contributed by atoms with E-state index < -0.39 is 0 Å². The van der Waals surface area contributed by atoms with Crippen molar-refractivity contribution in [1.29, 1.82) is 0 Å². The van der Waals surface area contributed by atoms with Gasteiger partial charge in [0, 0.05) is 12.2 Å². The van der Waals surface area contributed by atoms with Crippen molar-refractivity contribution in [2.24, 2.45) is 0 Å². The van der Waals surface area contributed by atoms with Gasteiger partial charge in [-0.3, -0.25) is 0 Å². The van der Waals surface area contributed by atoms with Crippen LogP contribution in [0.3, 0.4) is 0 Å². The molecule has 0 aliphatic rings. The number of nitrogens with one attached hydrogen (secondary N) is 1. The van der Waals surface area contributed by atoms with Gasteiger partial charge in [-0.1, -0.05) is 57.2 Å². The highest BCUT2D eigenvalue weighted by Crippen LogP contribution is 2.21. The predicted octanol–water partition coefficient (Wildman–Crippen LogP) is 5.37. The van der Waals surface area contributed by atoms with E-state index in [0.717, 1.165) is 13.0 Å². The van der Waals surface area contributed by atoms with Crippen LogP contribution in [-0.2, 0) is 13.0 Å². The van der Waals surface area contributed by atoms with Crippen LogP contribution in [0.25, 0.3) is 0 Å². The Kier molecular flexibility index (Phi) is 5.23. The second-order valence-corrected chi connectivity index (χ2v) is 5.41. The van der Waals surface area contributed by atoms with Crippen LogP contribution in [0.2, 0.25) is 0 Å². The summed E-state index contributed by atoms with van der Waals surface area (Å²) in [5.41, 5.74) is 5.44. The van der Waals surface area contributed by atoms with E-state index in [1.807, 2.05) is 0 Å². The van der Waals surface area contributed by atoms with Gasteiger partial charge < -0.3 is 5.32 Å². The molecule has 0 saturated heterocycles. The first-order valence-corrected chi connectivity index (χ1v) is 7.65. The molecule has 1 nitrogen and oxygen atoms in total. The Morgan fingerprint density at radius 3 is 2.15 bits per heavy atom. The van der Waals surface area contributed by atoms with Gasteiger partial charge >= 0.3 is 0 Å². The van der Waals surface area contributed by atoms with E-state index in [9.17, 15) is 0 Å². The highest BCUT2D eigenvalue weighted by atomic mass is 14.9. The van der Waals surface area contributed by atoms with Crippen LogP contribution in [-0.4, -0.2) is 0 Å². The van der Waals surface area contributed by atoms with Gasteiger partial charge in [-0.15, -0.1) is 0 Å². The molecular weight excluding hydrogens is 242 g/mol. The molecule has 0 bridgehead atoms. The fourth-order valence-corrected chi connectivity index (χ4v) is 2.44. The molecule has 20 heavy (non-hydrogen) atoms. The van der Waals surface area contributed by atoms with Crippen molar-refractivity contribution >= 4 is 5.69 Å². The Balaban J connectivity index is 2.00. The molecule has 0 heterocycles. The molecule has 0 radical (unpaired) electrons. The van der Waals surface area contributed by atoms with Crippen molar-refractivity contribution in [3.05, 3.63) is 65.2 Å². The monoisotopic (exact) mass is 267 g/mol. The molecular formula is C19H25N. The van der Waals surface area contributed by atoms with Crippen LogP contribution in [0.1, 0.15) is 49.8 Å². The van der Waals surface area contributed by atoms with Crippen LogP contribution in [0.5, 0.6) is 0 Å². The maximum absolute atomic E-state index is 3.52. The van der Waals surface area contributed by atoms with Crippen molar-refractivity contribution < 1.29 is 0 Å². The molecule has 1 heteroatoms. The van der Waals surface area contributed by atoms with E-state index >= 15 is 0 Å². The number of hydrogen-bond donors (Lipinski definition) is 1. The molecule has 2 rings (SSSR count). The third-order valence-corrected chi connectivity index (χ3v) is 4.07. The van der Waals surface area contributed by atoms with E-state index in [4.69, 9.17) is 0 Å². The zero-order chi connectivity index (χ0) is 14.4. The Labute approximate surface area is 123 Å². The van der Waals surface area contributed by atoms with Crippen molar-refractivity contribution in [3.63, 3.8) is 0 Å². The van der Waals surface area contributed by atoms with Crippen LogP contribution < -0.4 is 5.32 Å². The topological polar surface area (TPSA) is 12.0 Å². The van der Waals surface area contributed by atoms with Crippen LogP contribution >= 0.6 is 0 Å². The van der Waals surface area contributed by atoms with Gasteiger partial charge in [0.1, 0.15) is 0 Å². The van der Waals surface area contributed by atoms with E-state index in [1.54, 1.807) is 0 Å². The number of benzene rings is 2. The van der Waals surface area contributed by atoms with E-state index in [0.29, 0.717) is 5.92 Å². The largest absolute Gasteiger partial charge is 0.381 e. The first-order valence-electron chi connectivity index (χ1n) is 7.65. The molecule has 0 aromatic heterocycles. The van der Waals surface area contributed by atoms with Crippen LogP contribution in [0, 0.1) is 0 Å². The zero-order valence-electron chi connectivity index (χ0n) is 12.8. The normalized spacial score (nSPS) is 12.2. The minimum atomic E-state index is 0.643. The lowest BCUT2D eigenvalue weighted by molar-refractivity contribution is 0.734. The quantitative estimate of drug-likeness (QED) is 0.741. The molecule has 2 aromatic carbocycles. The highest BCUT2D eigenvalue weighted by Gasteiger charge is 2.03. The summed E-state index contributed by atoms with van der Waals surface area (Å²) in [5, 5.41) is 3.52. The molecule has 0 fully saturated rings. The zero-order valence-corrected chi connectivity index (χ0v) is 12.8. The minimum absolute atomic E-state index is 0.643. The standard InChI is InChI=1S/C19H25N/c1-4-15(3)17-10-12-19(13-11-17)20-14-18-9-7-6-8-16(18)5-2/h6-13,15,20H,4-5,14H2,1-3H3. The summed E-state index contributed by atoms with van der Waals surface area (Å²) < 4.78 is 0. The third kappa shape index (κ3) is 3.63. The first-order chi connectivity index (χ1) is 9.74. The molecule has 0 spiro atoms. The van der Waals surface area contributed by atoms with Gasteiger partial charge in [-0.25, -0.2) is 0 Å². The Morgan fingerprint density at radius 1 is 0.900 bits per heavy atom. The summed E-state index contributed by atoms with van der Waals surface area (Å²) >= 11 is 0. The maximum Gasteiger partial charge on any atom is 0.0403 e. The van der Waals surface area contributed by atoms with E-state index in [2.05, 4.69) is 74.6 Å². The summed E-state index contributed by atoms with van der Waals surface area (Å²) in [6.45, 7) is 7.62. The smallest absolute Gasteiger partial charge is 0.0403 e. The van der Waals surface area contributed by atoms with Gasteiger partial charge in [-0.2, -0.15) is 0 Å². The highest BCUT2D eigenvalue weighted by molar-refractivity contribution is 5.46. The Hall–Kier alpha value is -1.76. The average Bonchev–Trinajstić information content (AvgIpc) is 2.53. The average molecular weight is 267 g/mol. The fraction of sp³-hybridized carbons (Fsp3) is 0.368. The Morgan fingerprint density at radius 2 is 1.55 bits per heavy atom. The Bertz CT molecular complexity index is 528. The van der Waals surface area contributed by atoms with E-state index in [1.165, 1.54) is 28.8 Å². The third-order valence-electron chi connectivity index (χ3n) is 4.07. The number of anilines is 1. The molecule has 1 unspecified atom stereocenters. The van der Waals surface area contributed by atoms with Crippen molar-refractivity contribution in [3.8, 4) is 0 Å². The molecule has 1 N–H and O–H groups in total. The number of aryl methyl sites for hydroxylation is 1. The molecule has 0 aliphatic heterocycles. The van der Waals surface area contributed by atoms with Crippen molar-refractivity contribution in [1.82, 2.24) is 0 Å². The second kappa shape index (κ2) is 7.14. The fourth-order valence-electron chi connectivity index (χ4n) is 2.44. The first kappa shape index (κ1) is 14.6. The van der Waals surface area contributed by atoms with Gasteiger partial charge in [0.25, 0.3) is 0 Å². The summed E-state index contributed by atoms with van der Waals surface area (Å²) in [5.74, 6) is 0.643. The van der Waals surface area contributed by atoms with Crippen molar-refractivity contribution in [2.45, 2.75) is 46.1 Å². The van der Waals surface area contributed by atoms with Crippen LogP contribution in [0.4, 0.5) is 5.69 Å². The lowest BCUT2D eigenvalue weighted by Gasteiger charge is -2.12. The van der Waals surface area contributed by atoms with Gasteiger partial charge in [0.2, 0.25) is 0 Å². The lowest BCUT2D eigenvalue weighted by Crippen LogP contribution is -2.02. The molecule has 106 valence electrons. The van der Waals surface area contributed by atoms with Gasteiger partial charge in [0.05, 0.1) is 0 Å². The van der Waals surface area contributed by atoms with Gasteiger partial charge in [-0.05, 0) is 47.6 Å². The number of hydrogen-bond acceptors (Lipinski definition) is 1. The summed E-state index contributed by atoms with van der Waals surface area (Å²) in [6.07, 6.45) is 2.28. The van der Waals surface area contributed by atoms with Gasteiger partial charge in [0.15, 0.2) is 0 Å². The lowest BCUT2D eigenvalue weighted by atomic mass is 9.98. The molecule has 2 aromatic rings. The molecule has 0 saturated carbocycles. The summed E-state index contributed by atoms with van der Waals surface area (Å²) in [4.78, 5) is 0.